The number of para-hydroxylation sites is 4. The van der Waals surface area contributed by atoms with Crippen LogP contribution in [0.5, 0.6) is 34.5 Å². The zero-order valence-electron chi connectivity index (χ0n) is 33.5. The van der Waals surface area contributed by atoms with Crippen LogP contribution in [0.25, 0.3) is 0 Å². The molecule has 0 fully saturated rings. The van der Waals surface area contributed by atoms with Gasteiger partial charge in [-0.2, -0.15) is 8.42 Å². The molecular weight excluding hydrogens is 793 g/mol. The summed E-state index contributed by atoms with van der Waals surface area (Å²) in [5.74, 6) is -0.165. The van der Waals surface area contributed by atoms with Crippen LogP contribution in [0.2, 0.25) is 0 Å². The van der Waals surface area contributed by atoms with E-state index in [1.807, 2.05) is 12.1 Å². The maximum Gasteiger partial charge on any atom is 2.00 e. The van der Waals surface area contributed by atoms with Crippen molar-refractivity contribution < 1.29 is 45.6 Å². The second-order valence-corrected chi connectivity index (χ2v) is 16.7. The van der Waals surface area contributed by atoms with Gasteiger partial charge in [-0.3, -0.25) is 4.55 Å². The van der Waals surface area contributed by atoms with Crippen LogP contribution in [0, 0.1) is 0 Å². The van der Waals surface area contributed by atoms with Crippen molar-refractivity contribution in [3.05, 3.63) is 96.1 Å². The van der Waals surface area contributed by atoms with Crippen LogP contribution in [-0.4, -0.2) is 68.8 Å². The molecule has 4 rings (SSSR count). The van der Waals surface area contributed by atoms with E-state index in [-0.39, 0.29) is 77.1 Å². The molecule has 0 heterocycles. The van der Waals surface area contributed by atoms with Gasteiger partial charge in [0, 0.05) is 0 Å². The van der Waals surface area contributed by atoms with Crippen LogP contribution in [0.15, 0.2) is 94.7 Å². The predicted octanol–water partition coefficient (Wildman–Crippen LogP) is 10.9. The Morgan fingerprint density at radius 2 is 0.930 bits per heavy atom. The summed E-state index contributed by atoms with van der Waals surface area (Å²) in [6, 6.07) is 21.4. The Balaban J connectivity index is 0.000000387. The number of phenolic OH excluding ortho intramolecular Hbond substituents is 1. The third-order valence-corrected chi connectivity index (χ3v) is 11.2. The van der Waals surface area contributed by atoms with E-state index in [4.69, 9.17) is 9.47 Å². The number of aromatic hydroxyl groups is 1. The molecule has 0 atom stereocenters. The smallest absolute Gasteiger partial charge is 0.870 e. The van der Waals surface area contributed by atoms with Crippen LogP contribution < -0.4 is 14.6 Å². The number of aryl methyl sites for hydroxylation is 2. The molecule has 13 heteroatoms. The summed E-state index contributed by atoms with van der Waals surface area (Å²) >= 11 is 0. The molecule has 0 bridgehead atoms. The third kappa shape index (κ3) is 18.3. The molecule has 0 saturated heterocycles. The number of rotatable bonds is 24. The molecule has 0 aliphatic rings. The fourth-order valence-electron chi connectivity index (χ4n) is 6.37. The second-order valence-electron chi connectivity index (χ2n) is 14.0. The van der Waals surface area contributed by atoms with Gasteiger partial charge in [0.1, 0.15) is 32.3 Å². The zero-order valence-corrected chi connectivity index (χ0v) is 37.3. The third-order valence-electron chi connectivity index (χ3n) is 9.41. The summed E-state index contributed by atoms with van der Waals surface area (Å²) in [5, 5.41) is 22.5. The Morgan fingerprint density at radius 3 is 1.42 bits per heavy atom. The van der Waals surface area contributed by atoms with Crippen LogP contribution in [-0.2, 0) is 33.1 Å². The van der Waals surface area contributed by atoms with Gasteiger partial charge in [-0.05, 0) is 67.1 Å². The van der Waals surface area contributed by atoms with Crippen molar-refractivity contribution >= 4 is 58.0 Å². The largest absolute Gasteiger partial charge is 2.00 e. The van der Waals surface area contributed by atoms with Crippen molar-refractivity contribution in [2.75, 3.05) is 0 Å². The molecule has 308 valence electrons. The fourth-order valence-corrected chi connectivity index (χ4v) is 7.58. The number of hydrogen-bond donors (Lipinski definition) is 2. The molecule has 0 unspecified atom stereocenters. The Hall–Kier alpha value is -2.84. The molecule has 0 radical (unpaired) electrons. The summed E-state index contributed by atoms with van der Waals surface area (Å²) in [4.78, 5) is -0.785. The molecule has 0 spiro atoms. The van der Waals surface area contributed by atoms with Crippen LogP contribution in [0.3, 0.4) is 0 Å². The van der Waals surface area contributed by atoms with Gasteiger partial charge in [-0.25, -0.2) is 8.42 Å². The molecule has 4 aromatic rings. The first-order valence-corrected chi connectivity index (χ1v) is 22.8. The molecule has 0 aliphatic carbocycles. The van der Waals surface area contributed by atoms with Crippen molar-refractivity contribution in [3.8, 4) is 34.5 Å². The molecular formula is C44H58CaO10S2. The minimum absolute atomic E-state index is 0. The molecule has 0 aromatic heterocycles. The zero-order chi connectivity index (χ0) is 40.8. The van der Waals surface area contributed by atoms with E-state index < -0.39 is 25.1 Å². The summed E-state index contributed by atoms with van der Waals surface area (Å²) in [5.41, 5.74) is 1.55. The van der Waals surface area contributed by atoms with Crippen LogP contribution in [0.4, 0.5) is 0 Å². The van der Waals surface area contributed by atoms with E-state index in [2.05, 4.69) is 13.8 Å². The Kier molecular flexibility index (Phi) is 23.8. The van der Waals surface area contributed by atoms with E-state index in [1.165, 1.54) is 119 Å². The number of unbranched alkanes of at least 4 members (excludes halogenated alkanes) is 14. The van der Waals surface area contributed by atoms with Gasteiger partial charge in [-0.15, -0.1) is 0 Å². The molecule has 0 amide bonds. The number of benzene rings is 4. The first-order valence-electron chi connectivity index (χ1n) is 19.9. The van der Waals surface area contributed by atoms with Gasteiger partial charge in [0.2, 0.25) is 0 Å². The number of ether oxygens (including phenoxy) is 2. The van der Waals surface area contributed by atoms with Gasteiger partial charge in [0.25, 0.3) is 10.1 Å². The molecule has 4 aromatic carbocycles. The van der Waals surface area contributed by atoms with Gasteiger partial charge < -0.3 is 24.2 Å². The van der Waals surface area contributed by atoms with Crippen molar-refractivity contribution in [2.24, 2.45) is 0 Å². The Morgan fingerprint density at radius 1 is 0.526 bits per heavy atom. The summed E-state index contributed by atoms with van der Waals surface area (Å²) in [7, 11) is -9.11. The fraction of sp³-hybridized carbons (Fsp3) is 0.455. The number of phenols is 1. The predicted molar refractivity (Wildman–Crippen MR) is 223 cm³/mol. The first kappa shape index (κ1) is 50.3. The van der Waals surface area contributed by atoms with Crippen molar-refractivity contribution in [2.45, 2.75) is 139 Å². The standard InChI is InChI=1S/2C22H30O5S.Ca/c2*1-2-3-4-5-6-7-8-9-13-18-14-12-15-19(23)22(18)27-20-16-10-11-17-21(20)28(24,25)26;/h2*10-12,14-17,23H,2-9,13H2,1H3,(H,24,25,26);/q;;+2/p-2. The van der Waals surface area contributed by atoms with Crippen molar-refractivity contribution in [3.63, 3.8) is 0 Å². The second kappa shape index (κ2) is 27.0. The number of hydrogen-bond acceptors (Lipinski definition) is 9. The molecule has 0 saturated carbocycles. The minimum Gasteiger partial charge on any atom is -0.870 e. The average molecular weight is 851 g/mol. The average Bonchev–Trinajstić information content (AvgIpc) is 3.16. The summed E-state index contributed by atoms with van der Waals surface area (Å²) in [6.45, 7) is 4.41. The van der Waals surface area contributed by atoms with E-state index in [0.29, 0.717) is 6.42 Å². The van der Waals surface area contributed by atoms with Crippen molar-refractivity contribution in [1.29, 1.82) is 0 Å². The Labute approximate surface area is 370 Å². The maximum atomic E-state index is 12.3. The van der Waals surface area contributed by atoms with E-state index in [1.54, 1.807) is 24.3 Å². The molecule has 10 nitrogen and oxygen atoms in total. The van der Waals surface area contributed by atoms with Gasteiger partial charge >= 0.3 is 37.7 Å². The van der Waals surface area contributed by atoms with Gasteiger partial charge in [0.05, 0.1) is 4.90 Å². The van der Waals surface area contributed by atoms with Crippen molar-refractivity contribution in [1.82, 2.24) is 0 Å². The van der Waals surface area contributed by atoms with E-state index in [0.717, 1.165) is 49.7 Å². The van der Waals surface area contributed by atoms with Crippen LogP contribution in [0.1, 0.15) is 128 Å². The molecule has 2 N–H and O–H groups in total. The minimum atomic E-state index is -4.69. The van der Waals surface area contributed by atoms with Crippen LogP contribution >= 0.6 is 0 Å². The molecule has 57 heavy (non-hydrogen) atoms. The monoisotopic (exact) mass is 850 g/mol. The normalized spacial score (nSPS) is 11.3. The van der Waals surface area contributed by atoms with E-state index in [9.17, 15) is 36.2 Å². The maximum absolute atomic E-state index is 12.3. The van der Waals surface area contributed by atoms with E-state index >= 15 is 0 Å². The Bertz CT molecular complexity index is 1840. The first-order chi connectivity index (χ1) is 26.9. The summed E-state index contributed by atoms with van der Waals surface area (Å²) < 4.78 is 78.2. The van der Waals surface area contributed by atoms with Gasteiger partial charge in [0.15, 0.2) is 11.5 Å². The van der Waals surface area contributed by atoms with Gasteiger partial charge in [-0.1, -0.05) is 164 Å². The quantitative estimate of drug-likeness (QED) is 0.0392. The SMILES string of the molecule is CCCCCCCCCCc1cccc(O)c1Oc1ccccc1S(=O)(=O)O.CCCCCCCCCCc1cccc([O-])c1Oc1ccccc1S(=O)(=O)[O-].[Ca+2]. The molecule has 0 aliphatic heterocycles. The summed E-state index contributed by atoms with van der Waals surface area (Å²) in [6.07, 6.45) is 20.5. The topological polar surface area (TPSA) is 173 Å².